The van der Waals surface area contributed by atoms with Crippen LogP contribution in [0.1, 0.15) is 5.56 Å². The molecule has 0 amide bonds. The number of pyridine rings is 1. The van der Waals surface area contributed by atoms with Crippen LogP contribution in [0.3, 0.4) is 0 Å². The van der Waals surface area contributed by atoms with Gasteiger partial charge in [0.05, 0.1) is 9.95 Å². The van der Waals surface area contributed by atoms with E-state index in [1.54, 1.807) is 0 Å². The molecular weight excluding hydrogens is 330 g/mol. The second-order valence-electron chi connectivity index (χ2n) is 4.52. The molecular formula is C13H12ClN3O4S. The van der Waals surface area contributed by atoms with Gasteiger partial charge >= 0.3 is 0 Å². The maximum atomic E-state index is 12.4. The highest BCUT2D eigenvalue weighted by molar-refractivity contribution is 7.89. The number of aromatic nitrogens is 1. The highest BCUT2D eigenvalue weighted by Gasteiger charge is 2.21. The number of benzene rings is 1. The topological polar surface area (TPSA) is 93.4 Å². The lowest BCUT2D eigenvalue weighted by Crippen LogP contribution is -2.26. The summed E-state index contributed by atoms with van der Waals surface area (Å²) in [4.78, 5) is 13.8. The van der Waals surface area contributed by atoms with E-state index in [2.05, 4.69) is 4.98 Å². The smallest absolute Gasteiger partial charge is 0.262 e. The van der Waals surface area contributed by atoms with E-state index in [0.29, 0.717) is 5.56 Å². The summed E-state index contributed by atoms with van der Waals surface area (Å²) in [6.45, 7) is 0.0762. The molecule has 0 N–H and O–H groups in total. The van der Waals surface area contributed by atoms with Crippen LogP contribution in [0.15, 0.2) is 47.6 Å². The van der Waals surface area contributed by atoms with Crippen LogP contribution >= 0.6 is 11.6 Å². The van der Waals surface area contributed by atoms with Crippen molar-refractivity contribution in [2.75, 3.05) is 7.05 Å². The zero-order valence-electron chi connectivity index (χ0n) is 11.5. The van der Waals surface area contributed by atoms with Crippen molar-refractivity contribution >= 4 is 27.3 Å². The molecule has 7 nitrogen and oxygen atoms in total. The minimum absolute atomic E-state index is 0.00980. The molecule has 0 radical (unpaired) electrons. The van der Waals surface area contributed by atoms with Crippen molar-refractivity contribution < 1.29 is 13.3 Å². The van der Waals surface area contributed by atoms with Crippen molar-refractivity contribution in [3.8, 4) is 0 Å². The summed E-state index contributed by atoms with van der Waals surface area (Å²) in [5.41, 5.74) is 0.583. The van der Waals surface area contributed by atoms with Crippen LogP contribution in [0, 0.1) is 10.1 Å². The largest absolute Gasteiger partial charge is 0.269 e. The first-order chi connectivity index (χ1) is 10.3. The van der Waals surface area contributed by atoms with Gasteiger partial charge in [0, 0.05) is 38.1 Å². The van der Waals surface area contributed by atoms with E-state index in [4.69, 9.17) is 11.6 Å². The molecule has 22 heavy (non-hydrogen) atoms. The van der Waals surface area contributed by atoms with Crippen molar-refractivity contribution in [1.82, 2.24) is 9.29 Å². The molecule has 0 spiro atoms. The van der Waals surface area contributed by atoms with Gasteiger partial charge in [-0.2, -0.15) is 4.31 Å². The van der Waals surface area contributed by atoms with E-state index >= 15 is 0 Å². The van der Waals surface area contributed by atoms with Gasteiger partial charge in [0.2, 0.25) is 10.0 Å². The first kappa shape index (κ1) is 16.3. The van der Waals surface area contributed by atoms with Crippen molar-refractivity contribution in [3.05, 3.63) is 63.4 Å². The molecule has 0 saturated carbocycles. The molecule has 1 heterocycles. The van der Waals surface area contributed by atoms with Gasteiger partial charge in [-0.3, -0.25) is 15.1 Å². The fourth-order valence-electron chi connectivity index (χ4n) is 1.78. The number of hydrogen-bond donors (Lipinski definition) is 0. The average molecular weight is 342 g/mol. The minimum atomic E-state index is -3.73. The third-order valence-electron chi connectivity index (χ3n) is 2.94. The van der Waals surface area contributed by atoms with E-state index in [-0.39, 0.29) is 22.2 Å². The number of halogens is 1. The molecule has 9 heteroatoms. The normalized spacial score (nSPS) is 11.6. The van der Waals surface area contributed by atoms with Crippen LogP contribution in [-0.2, 0) is 16.6 Å². The Labute approximate surface area is 132 Å². The minimum Gasteiger partial charge on any atom is -0.262 e. The van der Waals surface area contributed by atoms with Gasteiger partial charge in [0.25, 0.3) is 5.69 Å². The Kier molecular flexibility index (Phi) is 4.74. The first-order valence-electron chi connectivity index (χ1n) is 6.11. The molecule has 0 saturated heterocycles. The lowest BCUT2D eigenvalue weighted by atomic mass is 10.2. The third kappa shape index (κ3) is 3.59. The molecule has 116 valence electrons. The molecule has 2 aromatic rings. The zero-order chi connectivity index (χ0) is 16.3. The molecule has 2 rings (SSSR count). The number of nitro benzene ring substituents is 1. The summed E-state index contributed by atoms with van der Waals surface area (Å²) in [6, 6.07) is 7.00. The molecule has 1 aromatic carbocycles. The van der Waals surface area contributed by atoms with Gasteiger partial charge in [0.1, 0.15) is 4.90 Å². The van der Waals surface area contributed by atoms with Crippen LogP contribution < -0.4 is 0 Å². The van der Waals surface area contributed by atoms with Crippen LogP contribution in [0.2, 0.25) is 5.02 Å². The lowest BCUT2D eigenvalue weighted by Gasteiger charge is -2.17. The van der Waals surface area contributed by atoms with Crippen molar-refractivity contribution in [3.63, 3.8) is 0 Å². The van der Waals surface area contributed by atoms with Gasteiger partial charge in [0.15, 0.2) is 0 Å². The van der Waals surface area contributed by atoms with Crippen LogP contribution in [-0.4, -0.2) is 29.7 Å². The molecule has 0 bridgehead atoms. The third-order valence-corrected chi connectivity index (χ3v) is 4.92. The predicted molar refractivity (Wildman–Crippen MR) is 81.0 cm³/mol. The van der Waals surface area contributed by atoms with E-state index < -0.39 is 14.9 Å². The van der Waals surface area contributed by atoms with Gasteiger partial charge in [-0.1, -0.05) is 23.7 Å². The maximum Gasteiger partial charge on any atom is 0.269 e. The van der Waals surface area contributed by atoms with Crippen molar-refractivity contribution in [2.24, 2.45) is 0 Å². The SMILES string of the molecule is CN(Cc1ccc([N+](=O)[O-])cc1)S(=O)(=O)c1cncc(Cl)c1. The number of sulfonamides is 1. The number of hydrogen-bond acceptors (Lipinski definition) is 5. The van der Waals surface area contributed by atoms with Crippen LogP contribution in [0.5, 0.6) is 0 Å². The monoisotopic (exact) mass is 341 g/mol. The number of nitro groups is 1. The Hall–Kier alpha value is -2.03. The average Bonchev–Trinajstić information content (AvgIpc) is 2.47. The van der Waals surface area contributed by atoms with E-state index in [1.807, 2.05) is 0 Å². The molecule has 0 aliphatic heterocycles. The second-order valence-corrected chi connectivity index (χ2v) is 7.00. The van der Waals surface area contributed by atoms with E-state index in [9.17, 15) is 18.5 Å². The standard InChI is InChI=1S/C13H12ClN3O4S/c1-16(9-10-2-4-12(5-3-10)17(18)19)22(20,21)13-6-11(14)7-15-8-13/h2-8H,9H2,1H3. The fraction of sp³-hybridized carbons (Fsp3) is 0.154. The fourth-order valence-corrected chi connectivity index (χ4v) is 3.17. The Morgan fingerprint density at radius 2 is 1.91 bits per heavy atom. The Morgan fingerprint density at radius 1 is 1.27 bits per heavy atom. The summed E-state index contributed by atoms with van der Waals surface area (Å²) in [7, 11) is -2.32. The highest BCUT2D eigenvalue weighted by atomic mass is 35.5. The number of non-ortho nitro benzene ring substituents is 1. The quantitative estimate of drug-likeness (QED) is 0.615. The Morgan fingerprint density at radius 3 is 2.45 bits per heavy atom. The van der Waals surface area contributed by atoms with E-state index in [0.717, 1.165) is 4.31 Å². The summed E-state index contributed by atoms with van der Waals surface area (Å²) in [5, 5.41) is 10.8. The maximum absolute atomic E-state index is 12.4. The Bertz CT molecular complexity index is 793. The highest BCUT2D eigenvalue weighted by Crippen LogP contribution is 2.20. The number of nitrogens with zero attached hydrogens (tertiary/aromatic N) is 3. The Balaban J connectivity index is 2.20. The van der Waals surface area contributed by atoms with Gasteiger partial charge < -0.3 is 0 Å². The lowest BCUT2D eigenvalue weighted by molar-refractivity contribution is -0.384. The molecule has 0 aliphatic rings. The van der Waals surface area contributed by atoms with Gasteiger partial charge in [-0.05, 0) is 11.6 Å². The summed E-state index contributed by atoms with van der Waals surface area (Å²) in [6.07, 6.45) is 2.56. The van der Waals surface area contributed by atoms with Crippen LogP contribution in [0.4, 0.5) is 5.69 Å². The predicted octanol–water partition coefficient (Wildman–Crippen LogP) is 2.46. The first-order valence-corrected chi connectivity index (χ1v) is 7.93. The summed E-state index contributed by atoms with van der Waals surface area (Å²) >= 11 is 5.75. The number of rotatable bonds is 5. The second kappa shape index (κ2) is 6.39. The van der Waals surface area contributed by atoms with Crippen molar-refractivity contribution in [1.29, 1.82) is 0 Å². The molecule has 0 atom stereocenters. The molecule has 0 unspecified atom stereocenters. The summed E-state index contributed by atoms with van der Waals surface area (Å²) < 4.78 is 25.9. The van der Waals surface area contributed by atoms with Crippen LogP contribution in [0.25, 0.3) is 0 Å². The van der Waals surface area contributed by atoms with E-state index in [1.165, 1.54) is 49.8 Å². The van der Waals surface area contributed by atoms with Gasteiger partial charge in [-0.15, -0.1) is 0 Å². The molecule has 0 aliphatic carbocycles. The summed E-state index contributed by atoms with van der Waals surface area (Å²) in [5.74, 6) is 0. The zero-order valence-corrected chi connectivity index (χ0v) is 13.1. The molecule has 1 aromatic heterocycles. The van der Waals surface area contributed by atoms with Crippen molar-refractivity contribution in [2.45, 2.75) is 11.4 Å². The molecule has 0 fully saturated rings. The van der Waals surface area contributed by atoms with Gasteiger partial charge in [-0.25, -0.2) is 8.42 Å².